The van der Waals surface area contributed by atoms with Gasteiger partial charge in [-0.3, -0.25) is 9.48 Å². The van der Waals surface area contributed by atoms with Crippen LogP contribution in [0.3, 0.4) is 0 Å². The van der Waals surface area contributed by atoms with Crippen LogP contribution in [-0.4, -0.2) is 27.3 Å². The number of rotatable bonds is 10. The number of esters is 1. The quantitative estimate of drug-likeness (QED) is 0.222. The summed E-state index contributed by atoms with van der Waals surface area (Å²) in [6.07, 6.45) is 4.02. The molecule has 0 aliphatic heterocycles. The number of nitrogens with zero attached hydrogens (tertiary/aromatic N) is 3. The molecule has 0 bridgehead atoms. The fourth-order valence-corrected chi connectivity index (χ4v) is 4.68. The van der Waals surface area contributed by atoms with Crippen LogP contribution in [-0.2, 0) is 29.1 Å². The van der Waals surface area contributed by atoms with Crippen molar-refractivity contribution in [2.45, 2.75) is 46.3 Å². The number of anilines is 1. The Labute approximate surface area is 222 Å². The van der Waals surface area contributed by atoms with E-state index < -0.39 is 0 Å². The number of fused-ring (bicyclic) bond motifs is 2. The Balaban J connectivity index is 1.49. The summed E-state index contributed by atoms with van der Waals surface area (Å²) < 4.78 is 13.4. The standard InChI is InChI=1S/C31H32N4O3/c1-3-5-16-35-28-13-12-23(22-11-10-21-14-15-33-31(32)25(21)17-22)18-26(28)27(34-35)20-38-29-9-7-6-8-24(29)19-30(36)37-4-2/h6-15,17-18H,3-5,16,19-20H2,1-2H3,(H2,32,33). The first kappa shape index (κ1) is 25.3. The summed E-state index contributed by atoms with van der Waals surface area (Å²) >= 11 is 0. The van der Waals surface area contributed by atoms with Gasteiger partial charge in [-0.2, -0.15) is 5.10 Å². The first-order chi connectivity index (χ1) is 18.6. The molecule has 0 aliphatic rings. The third-order valence-corrected chi connectivity index (χ3v) is 6.66. The molecule has 0 unspecified atom stereocenters. The zero-order valence-electron chi connectivity index (χ0n) is 21.8. The van der Waals surface area contributed by atoms with E-state index in [-0.39, 0.29) is 19.0 Å². The molecule has 0 atom stereocenters. The van der Waals surface area contributed by atoms with E-state index in [0.29, 0.717) is 18.2 Å². The maximum atomic E-state index is 12.1. The molecule has 7 heteroatoms. The van der Waals surface area contributed by atoms with Crippen LogP contribution in [0.15, 0.2) is 72.9 Å². The Morgan fingerprint density at radius 1 is 0.974 bits per heavy atom. The van der Waals surface area contributed by atoms with Crippen LogP contribution in [0.5, 0.6) is 5.75 Å². The number of carbonyl (C=O) groups is 1. The normalized spacial score (nSPS) is 11.2. The molecule has 0 spiro atoms. The van der Waals surface area contributed by atoms with Crippen LogP contribution in [0.4, 0.5) is 5.82 Å². The van der Waals surface area contributed by atoms with Gasteiger partial charge in [-0.05, 0) is 60.2 Å². The molecule has 3 aromatic carbocycles. The molecule has 5 aromatic rings. The third kappa shape index (κ3) is 5.32. The number of unbranched alkanes of at least 4 members (excludes halogenated alkanes) is 1. The van der Waals surface area contributed by atoms with E-state index in [4.69, 9.17) is 20.3 Å². The number of ether oxygens (including phenoxy) is 2. The van der Waals surface area contributed by atoms with Crippen molar-refractivity contribution in [3.8, 4) is 16.9 Å². The van der Waals surface area contributed by atoms with Crippen molar-refractivity contribution in [2.75, 3.05) is 12.3 Å². The van der Waals surface area contributed by atoms with Crippen LogP contribution < -0.4 is 10.5 Å². The lowest BCUT2D eigenvalue weighted by molar-refractivity contribution is -0.142. The Kier molecular flexibility index (Phi) is 7.54. The predicted octanol–water partition coefficient (Wildman–Crippen LogP) is 6.32. The zero-order valence-corrected chi connectivity index (χ0v) is 21.8. The summed E-state index contributed by atoms with van der Waals surface area (Å²) in [5.41, 5.74) is 11.0. The average molecular weight is 509 g/mol. The monoisotopic (exact) mass is 508 g/mol. The number of aryl methyl sites for hydroxylation is 1. The van der Waals surface area contributed by atoms with Crippen molar-refractivity contribution in [1.29, 1.82) is 0 Å². The topological polar surface area (TPSA) is 92.3 Å². The van der Waals surface area contributed by atoms with Gasteiger partial charge in [-0.15, -0.1) is 0 Å². The Hall–Kier alpha value is -4.39. The van der Waals surface area contributed by atoms with Crippen molar-refractivity contribution in [3.63, 3.8) is 0 Å². The van der Waals surface area contributed by atoms with Gasteiger partial charge in [0.25, 0.3) is 0 Å². The van der Waals surface area contributed by atoms with E-state index in [1.54, 1.807) is 13.1 Å². The second-order valence-electron chi connectivity index (χ2n) is 9.27. The maximum absolute atomic E-state index is 12.1. The molecule has 0 radical (unpaired) electrons. The minimum atomic E-state index is -0.270. The summed E-state index contributed by atoms with van der Waals surface area (Å²) in [5, 5.41) is 7.97. The largest absolute Gasteiger partial charge is 0.487 e. The predicted molar refractivity (Wildman–Crippen MR) is 151 cm³/mol. The van der Waals surface area contributed by atoms with Crippen molar-refractivity contribution in [3.05, 3.63) is 84.2 Å². The van der Waals surface area contributed by atoms with Crippen molar-refractivity contribution < 1.29 is 14.3 Å². The minimum absolute atomic E-state index is 0.166. The van der Waals surface area contributed by atoms with Gasteiger partial charge < -0.3 is 15.2 Å². The van der Waals surface area contributed by atoms with E-state index in [1.807, 2.05) is 30.3 Å². The molecule has 0 saturated carbocycles. The zero-order chi connectivity index (χ0) is 26.5. The summed E-state index contributed by atoms with van der Waals surface area (Å²) in [6, 6.07) is 22.2. The number of pyridine rings is 1. The second kappa shape index (κ2) is 11.3. The fraction of sp³-hybridized carbons (Fsp3) is 0.258. The molecule has 194 valence electrons. The molecule has 7 nitrogen and oxygen atoms in total. The number of aromatic nitrogens is 3. The van der Waals surface area contributed by atoms with Gasteiger partial charge >= 0.3 is 5.97 Å². The summed E-state index contributed by atoms with van der Waals surface area (Å²) in [7, 11) is 0. The molecule has 0 fully saturated rings. The van der Waals surface area contributed by atoms with Gasteiger partial charge in [-0.25, -0.2) is 4.98 Å². The van der Waals surface area contributed by atoms with Gasteiger partial charge in [0.15, 0.2) is 0 Å². The van der Waals surface area contributed by atoms with Gasteiger partial charge in [0, 0.05) is 29.1 Å². The molecular weight excluding hydrogens is 476 g/mol. The number of hydrogen-bond acceptors (Lipinski definition) is 6. The Morgan fingerprint density at radius 3 is 2.58 bits per heavy atom. The molecule has 0 aliphatic carbocycles. The molecular formula is C31H32N4O3. The SMILES string of the molecule is CCCCn1nc(COc2ccccc2CC(=O)OCC)c2cc(-c3ccc4ccnc(N)c4c3)ccc21. The van der Waals surface area contributed by atoms with Gasteiger partial charge in [0.2, 0.25) is 0 Å². The first-order valence-electron chi connectivity index (χ1n) is 13.1. The third-order valence-electron chi connectivity index (χ3n) is 6.66. The lowest BCUT2D eigenvalue weighted by Crippen LogP contribution is -2.09. The van der Waals surface area contributed by atoms with E-state index in [9.17, 15) is 4.79 Å². The van der Waals surface area contributed by atoms with Crippen LogP contribution in [0.1, 0.15) is 37.9 Å². The highest BCUT2D eigenvalue weighted by molar-refractivity contribution is 5.95. The van der Waals surface area contributed by atoms with Gasteiger partial charge in [-0.1, -0.05) is 49.7 Å². The number of benzene rings is 3. The molecule has 5 rings (SSSR count). The molecule has 0 amide bonds. The summed E-state index contributed by atoms with van der Waals surface area (Å²) in [6.45, 7) is 5.45. The van der Waals surface area contributed by atoms with E-state index >= 15 is 0 Å². The minimum Gasteiger partial charge on any atom is -0.487 e. The Bertz CT molecular complexity index is 1590. The number of nitrogens with two attached hydrogens (primary N) is 1. The summed E-state index contributed by atoms with van der Waals surface area (Å²) in [5.74, 6) is 0.910. The summed E-state index contributed by atoms with van der Waals surface area (Å²) in [4.78, 5) is 16.3. The first-order valence-corrected chi connectivity index (χ1v) is 13.1. The second-order valence-corrected chi connectivity index (χ2v) is 9.27. The molecule has 38 heavy (non-hydrogen) atoms. The van der Waals surface area contributed by atoms with E-state index in [2.05, 4.69) is 53.0 Å². The fourth-order valence-electron chi connectivity index (χ4n) is 4.68. The number of carbonyl (C=O) groups excluding carboxylic acids is 1. The number of nitrogen functional groups attached to an aromatic ring is 1. The molecule has 0 saturated heterocycles. The highest BCUT2D eigenvalue weighted by Crippen LogP contribution is 2.31. The maximum Gasteiger partial charge on any atom is 0.310 e. The van der Waals surface area contributed by atoms with Crippen LogP contribution in [0, 0.1) is 0 Å². The number of hydrogen-bond donors (Lipinski definition) is 1. The number of para-hydroxylation sites is 1. The van der Waals surface area contributed by atoms with Crippen molar-refractivity contribution >= 4 is 33.5 Å². The smallest absolute Gasteiger partial charge is 0.310 e. The van der Waals surface area contributed by atoms with Crippen molar-refractivity contribution in [1.82, 2.24) is 14.8 Å². The highest BCUT2D eigenvalue weighted by Gasteiger charge is 2.15. The van der Waals surface area contributed by atoms with E-state index in [0.717, 1.165) is 63.4 Å². The van der Waals surface area contributed by atoms with Crippen LogP contribution in [0.2, 0.25) is 0 Å². The lowest BCUT2D eigenvalue weighted by Gasteiger charge is -2.10. The lowest BCUT2D eigenvalue weighted by atomic mass is 10.00. The molecule has 2 N–H and O–H groups in total. The molecule has 2 heterocycles. The van der Waals surface area contributed by atoms with Crippen LogP contribution in [0.25, 0.3) is 32.8 Å². The molecule has 2 aromatic heterocycles. The van der Waals surface area contributed by atoms with E-state index in [1.165, 1.54) is 0 Å². The van der Waals surface area contributed by atoms with Crippen LogP contribution >= 0.6 is 0 Å². The average Bonchev–Trinajstić information content (AvgIpc) is 3.28. The van der Waals surface area contributed by atoms with Gasteiger partial charge in [0.1, 0.15) is 23.9 Å². The Morgan fingerprint density at radius 2 is 1.76 bits per heavy atom. The van der Waals surface area contributed by atoms with Crippen molar-refractivity contribution in [2.24, 2.45) is 0 Å². The highest BCUT2D eigenvalue weighted by atomic mass is 16.5. The van der Waals surface area contributed by atoms with Gasteiger partial charge in [0.05, 0.1) is 18.5 Å².